The van der Waals surface area contributed by atoms with Gasteiger partial charge in [-0.3, -0.25) is 19.3 Å². The Hall–Kier alpha value is -3.59. The van der Waals surface area contributed by atoms with Crippen LogP contribution in [-0.4, -0.2) is 68.8 Å². The van der Waals surface area contributed by atoms with E-state index < -0.39 is 29.1 Å². The summed E-state index contributed by atoms with van der Waals surface area (Å²) in [5.74, 6) is -0.522. The van der Waals surface area contributed by atoms with E-state index in [1.165, 1.54) is 12.8 Å². The van der Waals surface area contributed by atoms with E-state index in [1.54, 1.807) is 12.1 Å². The van der Waals surface area contributed by atoms with Gasteiger partial charge in [0.2, 0.25) is 0 Å². The molecule has 0 aromatic heterocycles. The highest BCUT2D eigenvalue weighted by molar-refractivity contribution is 5.88. The molecular formula is C35H37NO7. The van der Waals surface area contributed by atoms with Crippen molar-refractivity contribution in [2.45, 2.75) is 81.5 Å². The number of carboxylic acid groups (broad SMARTS) is 1. The minimum Gasteiger partial charge on any atom is -0.481 e. The number of nitrogens with zero attached hydrogens (tertiary/aromatic N) is 1. The van der Waals surface area contributed by atoms with Crippen molar-refractivity contribution in [2.24, 2.45) is 5.92 Å². The number of carbonyl (C=O) groups is 3. The van der Waals surface area contributed by atoms with E-state index in [0.29, 0.717) is 48.6 Å². The molecule has 0 amide bonds. The van der Waals surface area contributed by atoms with Crippen LogP contribution in [0, 0.1) is 12.8 Å². The maximum Gasteiger partial charge on any atom is 0.315 e. The SMILES string of the molecule is Cc1c(OC(=O)Cc2ccc3cc(CC(=O)O)ccc3c2)ccc2c1[C@]13CCN(CC4CC4)[C@H](C2)[C@]1(O)CCC(=O)[C@@H]3O. The number of carbonyl (C=O) groups excluding carboxylic acids is 2. The fourth-order valence-corrected chi connectivity index (χ4v) is 8.33. The number of aliphatic hydroxyl groups excluding tert-OH is 1. The van der Waals surface area contributed by atoms with Crippen molar-refractivity contribution in [1.29, 1.82) is 0 Å². The van der Waals surface area contributed by atoms with E-state index in [-0.39, 0.29) is 31.1 Å². The lowest BCUT2D eigenvalue weighted by Crippen LogP contribution is -2.77. The molecule has 1 saturated heterocycles. The number of fused-ring (bicyclic) bond motifs is 2. The van der Waals surface area contributed by atoms with Gasteiger partial charge in [0.15, 0.2) is 5.78 Å². The van der Waals surface area contributed by atoms with Crippen molar-refractivity contribution in [3.05, 3.63) is 76.3 Å². The Kier molecular flexibility index (Phi) is 6.72. The van der Waals surface area contributed by atoms with Gasteiger partial charge < -0.3 is 20.1 Å². The van der Waals surface area contributed by atoms with Crippen LogP contribution in [0.4, 0.5) is 0 Å². The third kappa shape index (κ3) is 4.58. The van der Waals surface area contributed by atoms with E-state index in [4.69, 9.17) is 9.84 Å². The number of aliphatic hydroxyl groups is 2. The first-order valence-corrected chi connectivity index (χ1v) is 15.3. The number of piperidine rings is 1. The van der Waals surface area contributed by atoms with Crippen LogP contribution in [-0.2, 0) is 39.1 Å². The highest BCUT2D eigenvalue weighted by atomic mass is 16.5. The topological polar surface area (TPSA) is 124 Å². The molecule has 0 radical (unpaired) electrons. The lowest BCUT2D eigenvalue weighted by molar-refractivity contribution is -0.201. The van der Waals surface area contributed by atoms with Crippen LogP contribution in [0.15, 0.2) is 48.5 Å². The summed E-state index contributed by atoms with van der Waals surface area (Å²) in [6.45, 7) is 3.51. The third-order valence-corrected chi connectivity index (χ3v) is 10.5. The Balaban J connectivity index is 1.18. The highest BCUT2D eigenvalue weighted by Crippen LogP contribution is 2.59. The molecule has 1 aliphatic heterocycles. The Bertz CT molecular complexity index is 1660. The molecule has 4 atom stereocenters. The number of hydrogen-bond acceptors (Lipinski definition) is 7. The zero-order valence-electron chi connectivity index (χ0n) is 24.3. The minimum atomic E-state index is -1.31. The number of hydrogen-bond donors (Lipinski definition) is 3. The molecule has 43 heavy (non-hydrogen) atoms. The summed E-state index contributed by atoms with van der Waals surface area (Å²) in [5, 5.41) is 34.9. The number of likely N-dealkylation sites (tertiary alicyclic amines) is 1. The summed E-state index contributed by atoms with van der Waals surface area (Å²) in [6.07, 6.45) is 2.67. The molecule has 224 valence electrons. The maximum atomic E-state index is 13.2. The van der Waals surface area contributed by atoms with Crippen molar-refractivity contribution in [2.75, 3.05) is 13.1 Å². The molecule has 8 heteroatoms. The second-order valence-electron chi connectivity index (χ2n) is 13.1. The molecule has 4 aliphatic rings. The number of aliphatic carboxylic acids is 1. The first-order valence-electron chi connectivity index (χ1n) is 15.3. The Morgan fingerprint density at radius 1 is 1.00 bits per heavy atom. The van der Waals surface area contributed by atoms with Crippen LogP contribution in [0.3, 0.4) is 0 Å². The number of carboxylic acids is 1. The Morgan fingerprint density at radius 3 is 2.37 bits per heavy atom. The molecule has 2 bridgehead atoms. The molecule has 1 heterocycles. The van der Waals surface area contributed by atoms with Crippen LogP contribution < -0.4 is 4.74 Å². The van der Waals surface area contributed by atoms with Gasteiger partial charge in [0.05, 0.1) is 23.9 Å². The molecule has 3 aromatic rings. The van der Waals surface area contributed by atoms with Gasteiger partial charge in [-0.2, -0.15) is 0 Å². The number of esters is 1. The summed E-state index contributed by atoms with van der Waals surface area (Å²) in [5.41, 5.74) is 1.56. The van der Waals surface area contributed by atoms with Gasteiger partial charge in [-0.25, -0.2) is 0 Å². The van der Waals surface area contributed by atoms with E-state index in [9.17, 15) is 24.6 Å². The molecule has 3 N–H and O–H groups in total. The molecule has 0 unspecified atom stereocenters. The van der Waals surface area contributed by atoms with Gasteiger partial charge in [0, 0.05) is 19.0 Å². The predicted molar refractivity (Wildman–Crippen MR) is 159 cm³/mol. The zero-order valence-corrected chi connectivity index (χ0v) is 24.3. The molecule has 8 nitrogen and oxygen atoms in total. The van der Waals surface area contributed by atoms with Crippen LogP contribution in [0.2, 0.25) is 0 Å². The van der Waals surface area contributed by atoms with Crippen molar-refractivity contribution < 1.29 is 34.4 Å². The normalized spacial score (nSPS) is 28.3. The summed E-state index contributed by atoms with van der Waals surface area (Å²) < 4.78 is 5.92. The van der Waals surface area contributed by atoms with Gasteiger partial charge in [0.1, 0.15) is 11.9 Å². The summed E-state index contributed by atoms with van der Waals surface area (Å²) in [7, 11) is 0. The average molecular weight is 584 g/mol. The fourth-order valence-electron chi connectivity index (χ4n) is 8.33. The summed E-state index contributed by atoms with van der Waals surface area (Å²) in [6, 6.07) is 14.7. The molecule has 3 aromatic carbocycles. The second-order valence-corrected chi connectivity index (χ2v) is 13.1. The van der Waals surface area contributed by atoms with Gasteiger partial charge in [0.25, 0.3) is 0 Å². The largest absolute Gasteiger partial charge is 0.481 e. The van der Waals surface area contributed by atoms with Crippen LogP contribution in [0.5, 0.6) is 5.75 Å². The number of rotatable bonds is 7. The summed E-state index contributed by atoms with van der Waals surface area (Å²) in [4.78, 5) is 39.7. The van der Waals surface area contributed by atoms with Gasteiger partial charge in [-0.15, -0.1) is 0 Å². The van der Waals surface area contributed by atoms with Gasteiger partial charge in [-0.1, -0.05) is 42.5 Å². The van der Waals surface area contributed by atoms with Gasteiger partial charge in [-0.05, 0) is 96.1 Å². The highest BCUT2D eigenvalue weighted by Gasteiger charge is 2.69. The predicted octanol–water partition coefficient (Wildman–Crippen LogP) is 3.66. The molecule has 0 spiro atoms. The molecule has 7 rings (SSSR count). The molecule has 2 saturated carbocycles. The van der Waals surface area contributed by atoms with E-state index >= 15 is 0 Å². The number of benzene rings is 3. The average Bonchev–Trinajstić information content (AvgIpc) is 3.78. The number of ketones is 1. The van der Waals surface area contributed by atoms with Crippen molar-refractivity contribution in [1.82, 2.24) is 4.90 Å². The minimum absolute atomic E-state index is 0.0394. The smallest absolute Gasteiger partial charge is 0.315 e. The van der Waals surface area contributed by atoms with E-state index in [1.807, 2.05) is 43.3 Å². The zero-order chi connectivity index (χ0) is 30.1. The van der Waals surface area contributed by atoms with Crippen molar-refractivity contribution >= 4 is 28.5 Å². The summed E-state index contributed by atoms with van der Waals surface area (Å²) >= 11 is 0. The lowest BCUT2D eigenvalue weighted by Gasteiger charge is -2.65. The third-order valence-electron chi connectivity index (χ3n) is 10.5. The fraction of sp³-hybridized carbons (Fsp3) is 0.457. The van der Waals surface area contributed by atoms with Crippen LogP contribution in [0.25, 0.3) is 10.8 Å². The van der Waals surface area contributed by atoms with Crippen LogP contribution >= 0.6 is 0 Å². The first kappa shape index (κ1) is 28.2. The van der Waals surface area contributed by atoms with E-state index in [2.05, 4.69) is 4.90 Å². The first-order chi connectivity index (χ1) is 20.6. The van der Waals surface area contributed by atoms with Crippen molar-refractivity contribution in [3.63, 3.8) is 0 Å². The lowest BCUT2D eigenvalue weighted by atomic mass is 9.47. The van der Waals surface area contributed by atoms with Gasteiger partial charge >= 0.3 is 11.9 Å². The van der Waals surface area contributed by atoms with E-state index in [0.717, 1.165) is 34.0 Å². The number of ether oxygens (including phenoxy) is 1. The quantitative estimate of drug-likeness (QED) is 0.285. The number of Topliss-reactive ketones (excluding diaryl/α,β-unsaturated/α-hetero) is 1. The maximum absolute atomic E-state index is 13.2. The monoisotopic (exact) mass is 583 g/mol. The Labute approximate surface area is 250 Å². The second kappa shape index (κ2) is 10.3. The van der Waals surface area contributed by atoms with Crippen LogP contribution in [0.1, 0.15) is 59.9 Å². The molecular weight excluding hydrogens is 546 g/mol. The standard InChI is InChI=1S/C35H37NO7/c1-20-28(43-31(40)17-23-5-7-24-14-22(16-30(38)39)4-6-25(24)15-23)9-8-26-18-29-35(42)11-10-27(37)33(41)34(35,32(20)26)12-13-36(29)19-21-2-3-21/h4-9,14-15,21,29,33,41-42H,2-3,10-13,16-19H2,1H3,(H,38,39)/t29-,33+,34+,35-/m1/s1. The molecule has 3 aliphatic carbocycles. The Morgan fingerprint density at radius 2 is 1.70 bits per heavy atom. The van der Waals surface area contributed by atoms with Crippen molar-refractivity contribution in [3.8, 4) is 5.75 Å². The molecule has 3 fully saturated rings.